The van der Waals surface area contributed by atoms with Crippen LogP contribution in [0.5, 0.6) is 5.75 Å². The number of carboxylic acids is 1. The minimum atomic E-state index is -0.851. The molecule has 5 nitrogen and oxygen atoms in total. The van der Waals surface area contributed by atoms with Gasteiger partial charge in [-0.3, -0.25) is 9.59 Å². The summed E-state index contributed by atoms with van der Waals surface area (Å²) in [5.41, 5.74) is 0. The number of benzene rings is 1. The fourth-order valence-corrected chi connectivity index (χ4v) is 2.00. The first-order chi connectivity index (χ1) is 9.08. The van der Waals surface area contributed by atoms with E-state index >= 15 is 0 Å². The quantitative estimate of drug-likeness (QED) is 0.892. The number of carbonyl (C=O) groups is 2. The molecule has 0 aromatic heterocycles. The van der Waals surface area contributed by atoms with E-state index in [4.69, 9.17) is 21.4 Å². The zero-order valence-electron chi connectivity index (χ0n) is 10.2. The van der Waals surface area contributed by atoms with Gasteiger partial charge in [-0.25, -0.2) is 0 Å². The van der Waals surface area contributed by atoms with E-state index in [-0.39, 0.29) is 18.9 Å². The van der Waals surface area contributed by atoms with Crippen molar-refractivity contribution in [2.45, 2.75) is 6.42 Å². The third-order valence-electron chi connectivity index (χ3n) is 2.99. The van der Waals surface area contributed by atoms with Crippen LogP contribution in [0.3, 0.4) is 0 Å². The molecule has 0 saturated carbocycles. The van der Waals surface area contributed by atoms with Crippen LogP contribution in [-0.2, 0) is 9.59 Å². The number of para-hydroxylation sites is 1. The molecule has 1 fully saturated rings. The first-order valence-corrected chi connectivity index (χ1v) is 6.33. The maximum Gasteiger partial charge on any atom is 0.310 e. The lowest BCUT2D eigenvalue weighted by Gasteiger charge is -2.36. The molecule has 0 unspecified atom stereocenters. The molecule has 6 heteroatoms. The van der Waals surface area contributed by atoms with Gasteiger partial charge in [-0.15, -0.1) is 0 Å². The predicted octanol–water partition coefficient (Wildman–Crippen LogP) is 1.65. The van der Waals surface area contributed by atoms with Crippen molar-refractivity contribution in [3.8, 4) is 5.75 Å². The van der Waals surface area contributed by atoms with Gasteiger partial charge in [0, 0.05) is 13.1 Å². The Hall–Kier alpha value is -1.75. The van der Waals surface area contributed by atoms with Crippen LogP contribution in [0.15, 0.2) is 24.3 Å². The Morgan fingerprint density at radius 1 is 1.37 bits per heavy atom. The topological polar surface area (TPSA) is 66.8 Å². The number of hydrogen-bond donors (Lipinski definition) is 1. The Kier molecular flexibility index (Phi) is 4.27. The number of likely N-dealkylation sites (tertiary alicyclic amines) is 1. The summed E-state index contributed by atoms with van der Waals surface area (Å²) >= 11 is 5.91. The van der Waals surface area contributed by atoms with Crippen molar-refractivity contribution in [3.05, 3.63) is 29.3 Å². The molecule has 0 spiro atoms. The summed E-state index contributed by atoms with van der Waals surface area (Å²) in [6.07, 6.45) is 0.220. The molecular formula is C13H14ClNO4. The summed E-state index contributed by atoms with van der Waals surface area (Å²) in [6.45, 7) is 0.817. The summed E-state index contributed by atoms with van der Waals surface area (Å²) in [5.74, 6) is -0.821. The maximum atomic E-state index is 11.7. The van der Waals surface area contributed by atoms with Crippen molar-refractivity contribution < 1.29 is 19.4 Å². The molecule has 2 rings (SSSR count). The van der Waals surface area contributed by atoms with Gasteiger partial charge in [0.1, 0.15) is 5.75 Å². The highest BCUT2D eigenvalue weighted by atomic mass is 35.5. The number of aliphatic carboxylic acids is 1. The van der Waals surface area contributed by atoms with Crippen LogP contribution in [0.25, 0.3) is 0 Å². The van der Waals surface area contributed by atoms with E-state index in [2.05, 4.69) is 0 Å². The van der Waals surface area contributed by atoms with Crippen molar-refractivity contribution in [2.24, 2.45) is 5.92 Å². The third kappa shape index (κ3) is 3.38. The van der Waals surface area contributed by atoms with E-state index in [1.54, 1.807) is 24.3 Å². The third-order valence-corrected chi connectivity index (χ3v) is 3.31. The second-order valence-electron chi connectivity index (χ2n) is 4.36. The number of ether oxygens (including phenoxy) is 1. The first-order valence-electron chi connectivity index (χ1n) is 5.96. The van der Waals surface area contributed by atoms with Crippen LogP contribution in [0.1, 0.15) is 6.42 Å². The van der Waals surface area contributed by atoms with E-state index in [1.807, 2.05) is 0 Å². The number of nitrogens with zero attached hydrogens (tertiary/aromatic N) is 1. The van der Waals surface area contributed by atoms with Crippen molar-refractivity contribution >= 4 is 23.5 Å². The standard InChI is InChI=1S/C13H14ClNO4/c14-10-3-1-2-4-11(10)19-6-5-12(16)15-7-9(8-15)13(17)18/h1-4,9H,5-8H2,(H,17,18). The molecule has 1 amide bonds. The molecule has 0 atom stereocenters. The number of carbonyl (C=O) groups excluding carboxylic acids is 1. The maximum absolute atomic E-state index is 11.7. The van der Waals surface area contributed by atoms with Crippen molar-refractivity contribution in [3.63, 3.8) is 0 Å². The summed E-state index contributed by atoms with van der Waals surface area (Å²) in [6, 6.07) is 7.05. The average molecular weight is 284 g/mol. The van der Waals surface area contributed by atoms with E-state index < -0.39 is 11.9 Å². The molecule has 1 heterocycles. The molecule has 1 aliphatic rings. The molecule has 1 aliphatic heterocycles. The number of hydrogen-bond acceptors (Lipinski definition) is 3. The van der Waals surface area contributed by atoms with E-state index in [0.29, 0.717) is 23.9 Å². The molecule has 0 radical (unpaired) electrons. The Morgan fingerprint density at radius 2 is 2.05 bits per heavy atom. The van der Waals surface area contributed by atoms with Crippen LogP contribution in [0.4, 0.5) is 0 Å². The lowest BCUT2D eigenvalue weighted by Crippen LogP contribution is -2.53. The highest BCUT2D eigenvalue weighted by Crippen LogP contribution is 2.23. The Bertz CT molecular complexity index is 485. The summed E-state index contributed by atoms with van der Waals surface area (Å²) in [4.78, 5) is 23.8. The van der Waals surface area contributed by atoms with Gasteiger partial charge < -0.3 is 14.7 Å². The molecule has 0 aliphatic carbocycles. The van der Waals surface area contributed by atoms with Crippen molar-refractivity contribution in [1.29, 1.82) is 0 Å². The van der Waals surface area contributed by atoms with E-state index in [0.717, 1.165) is 0 Å². The number of carboxylic acid groups (broad SMARTS) is 1. The molecule has 1 aromatic carbocycles. The van der Waals surface area contributed by atoms with E-state index in [9.17, 15) is 9.59 Å². The van der Waals surface area contributed by atoms with Gasteiger partial charge in [0.2, 0.25) is 5.91 Å². The number of rotatable bonds is 5. The second-order valence-corrected chi connectivity index (χ2v) is 4.77. The zero-order valence-corrected chi connectivity index (χ0v) is 11.0. The van der Waals surface area contributed by atoms with Gasteiger partial charge in [-0.05, 0) is 12.1 Å². The largest absolute Gasteiger partial charge is 0.491 e. The highest BCUT2D eigenvalue weighted by Gasteiger charge is 2.35. The van der Waals surface area contributed by atoms with Gasteiger partial charge in [0.25, 0.3) is 0 Å². The van der Waals surface area contributed by atoms with Crippen LogP contribution in [-0.4, -0.2) is 41.6 Å². The molecule has 19 heavy (non-hydrogen) atoms. The molecule has 1 aromatic rings. The molecular weight excluding hydrogens is 270 g/mol. The summed E-state index contributed by atoms with van der Waals surface area (Å²) in [7, 11) is 0. The smallest absolute Gasteiger partial charge is 0.310 e. The van der Waals surface area contributed by atoms with Crippen LogP contribution in [0.2, 0.25) is 5.02 Å². The Labute approximate surface area is 115 Å². The average Bonchev–Trinajstić information content (AvgIpc) is 2.29. The fourth-order valence-electron chi connectivity index (χ4n) is 1.81. The van der Waals surface area contributed by atoms with Gasteiger partial charge in [-0.2, -0.15) is 0 Å². The fraction of sp³-hybridized carbons (Fsp3) is 0.385. The van der Waals surface area contributed by atoms with Crippen molar-refractivity contribution in [1.82, 2.24) is 4.90 Å². The number of amides is 1. The minimum Gasteiger partial charge on any atom is -0.491 e. The second kappa shape index (κ2) is 5.93. The van der Waals surface area contributed by atoms with Crippen molar-refractivity contribution in [2.75, 3.05) is 19.7 Å². The monoisotopic (exact) mass is 283 g/mol. The molecule has 102 valence electrons. The van der Waals surface area contributed by atoms with E-state index in [1.165, 1.54) is 4.90 Å². The van der Waals surface area contributed by atoms with Crippen LogP contribution < -0.4 is 4.74 Å². The Balaban J connectivity index is 1.71. The van der Waals surface area contributed by atoms with Gasteiger partial charge in [-0.1, -0.05) is 23.7 Å². The lowest BCUT2D eigenvalue weighted by atomic mass is 10.0. The van der Waals surface area contributed by atoms with Gasteiger partial charge in [0.05, 0.1) is 24.0 Å². The summed E-state index contributed by atoms with van der Waals surface area (Å²) < 4.78 is 5.40. The molecule has 1 saturated heterocycles. The predicted molar refractivity (Wildman–Crippen MR) is 69.3 cm³/mol. The molecule has 1 N–H and O–H groups in total. The zero-order chi connectivity index (χ0) is 13.8. The molecule has 0 bridgehead atoms. The van der Waals surface area contributed by atoms with Gasteiger partial charge in [0.15, 0.2) is 0 Å². The lowest BCUT2D eigenvalue weighted by molar-refractivity contribution is -0.152. The van der Waals surface area contributed by atoms with Crippen LogP contribution in [0, 0.1) is 5.92 Å². The van der Waals surface area contributed by atoms with Gasteiger partial charge >= 0.3 is 5.97 Å². The highest BCUT2D eigenvalue weighted by molar-refractivity contribution is 6.32. The normalized spacial score (nSPS) is 14.9. The minimum absolute atomic E-state index is 0.0930. The Morgan fingerprint density at radius 3 is 2.68 bits per heavy atom. The van der Waals surface area contributed by atoms with Crippen LogP contribution >= 0.6 is 11.6 Å². The first kappa shape index (κ1) is 13.7. The summed E-state index contributed by atoms with van der Waals surface area (Å²) in [5, 5.41) is 9.22. The SMILES string of the molecule is O=C(O)C1CN(C(=O)CCOc2ccccc2Cl)C1. The number of halogens is 1.